The van der Waals surface area contributed by atoms with E-state index in [0.29, 0.717) is 17.9 Å². The number of aliphatic hydroxyl groups excluding tert-OH is 1. The van der Waals surface area contributed by atoms with Crippen LogP contribution in [-0.4, -0.2) is 10.1 Å². The molecule has 1 N–H and O–H groups in total. The molecule has 6 heteroatoms. The van der Waals surface area contributed by atoms with Crippen molar-refractivity contribution in [3.63, 3.8) is 0 Å². The van der Waals surface area contributed by atoms with E-state index in [1.165, 1.54) is 24.1 Å². The minimum atomic E-state index is -4.37. The van der Waals surface area contributed by atoms with Gasteiger partial charge in [0.15, 0.2) is 0 Å². The van der Waals surface area contributed by atoms with Crippen LogP contribution in [0.2, 0.25) is 0 Å². The lowest BCUT2D eigenvalue weighted by molar-refractivity contribution is -0.137. The summed E-state index contributed by atoms with van der Waals surface area (Å²) in [7, 11) is 0. The van der Waals surface area contributed by atoms with Crippen molar-refractivity contribution in [2.24, 2.45) is 5.41 Å². The first-order valence-corrected chi connectivity index (χ1v) is 12.1. The molecule has 0 amide bonds. The quantitative estimate of drug-likeness (QED) is 0.511. The first kappa shape index (κ1) is 22.9. The van der Waals surface area contributed by atoms with Crippen LogP contribution in [0.15, 0.2) is 24.3 Å². The molecule has 1 aromatic carbocycles. The highest BCUT2D eigenvalue weighted by atomic mass is 19.4. The van der Waals surface area contributed by atoms with E-state index in [0.717, 1.165) is 66.8 Å². The summed E-state index contributed by atoms with van der Waals surface area (Å²) in [4.78, 5) is 5.04. The number of aromatic nitrogens is 1. The first-order valence-electron chi connectivity index (χ1n) is 12.1. The third-order valence-corrected chi connectivity index (χ3v) is 7.69. The lowest BCUT2D eigenvalue weighted by atomic mass is 9.69. The molecule has 1 fully saturated rings. The second-order valence-electron chi connectivity index (χ2n) is 10.9. The average Bonchev–Trinajstić information content (AvgIpc) is 3.08. The number of fused-ring (bicyclic) bond motifs is 2. The second-order valence-corrected chi connectivity index (χ2v) is 10.9. The Labute approximate surface area is 193 Å². The predicted molar refractivity (Wildman–Crippen MR) is 120 cm³/mol. The maximum Gasteiger partial charge on any atom is 0.416 e. The molecule has 2 heterocycles. The van der Waals surface area contributed by atoms with Gasteiger partial charge in [-0.05, 0) is 67.2 Å². The van der Waals surface area contributed by atoms with Gasteiger partial charge in [0.2, 0.25) is 0 Å². The van der Waals surface area contributed by atoms with Crippen molar-refractivity contribution in [2.75, 3.05) is 0 Å². The molecule has 0 saturated heterocycles. The van der Waals surface area contributed by atoms with Crippen LogP contribution in [0.5, 0.6) is 0 Å². The zero-order valence-corrected chi connectivity index (χ0v) is 19.5. The number of benzene rings is 1. The highest BCUT2D eigenvalue weighted by molar-refractivity contribution is 5.52. The second kappa shape index (κ2) is 8.09. The van der Waals surface area contributed by atoms with E-state index < -0.39 is 23.9 Å². The van der Waals surface area contributed by atoms with E-state index in [-0.39, 0.29) is 11.5 Å². The Balaban J connectivity index is 1.67. The number of alkyl halides is 3. The number of hydrogen-bond donors (Lipinski definition) is 1. The van der Waals surface area contributed by atoms with E-state index in [2.05, 4.69) is 13.8 Å². The summed E-state index contributed by atoms with van der Waals surface area (Å²) >= 11 is 0. The number of hydrogen-bond acceptors (Lipinski definition) is 3. The number of rotatable bonds is 2. The van der Waals surface area contributed by atoms with Crippen LogP contribution in [0, 0.1) is 5.41 Å². The largest absolute Gasteiger partial charge is 0.416 e. The number of ether oxygens (including phenoxy) is 1. The van der Waals surface area contributed by atoms with Crippen molar-refractivity contribution in [1.29, 1.82) is 0 Å². The molecular formula is C27H32F3NO2. The van der Waals surface area contributed by atoms with Gasteiger partial charge >= 0.3 is 6.18 Å². The van der Waals surface area contributed by atoms with Gasteiger partial charge < -0.3 is 9.84 Å². The molecule has 0 bridgehead atoms. The van der Waals surface area contributed by atoms with Crippen molar-refractivity contribution in [3.05, 3.63) is 63.5 Å². The van der Waals surface area contributed by atoms with E-state index in [4.69, 9.17) is 9.72 Å². The molecule has 0 spiro atoms. The number of nitrogens with zero attached hydrogens (tertiary/aromatic N) is 1. The van der Waals surface area contributed by atoms with Gasteiger partial charge in [-0.2, -0.15) is 13.2 Å². The molecule has 2 aliphatic carbocycles. The zero-order chi connectivity index (χ0) is 23.5. The number of aliphatic hydroxyl groups is 1. The first-order chi connectivity index (χ1) is 15.5. The topological polar surface area (TPSA) is 42.4 Å². The SMILES string of the molecule is CC1O[C@@H](c2ccc(C(F)(F)F)cc2)c2c1nc1c(c2C2CCCCC2)C(O)CC(C)(C)C1. The van der Waals surface area contributed by atoms with E-state index in [9.17, 15) is 18.3 Å². The molecule has 1 aromatic heterocycles. The van der Waals surface area contributed by atoms with Crippen molar-refractivity contribution in [3.8, 4) is 0 Å². The average molecular weight is 460 g/mol. The minimum Gasteiger partial charge on any atom is -0.388 e. The Morgan fingerprint density at radius 1 is 1.00 bits per heavy atom. The van der Waals surface area contributed by atoms with Crippen molar-refractivity contribution in [1.82, 2.24) is 4.98 Å². The third-order valence-electron chi connectivity index (χ3n) is 7.69. The summed E-state index contributed by atoms with van der Waals surface area (Å²) in [6, 6.07) is 5.31. The fraction of sp³-hybridized carbons (Fsp3) is 0.593. The van der Waals surface area contributed by atoms with Crippen LogP contribution in [0.1, 0.15) is 123 Å². The van der Waals surface area contributed by atoms with E-state index >= 15 is 0 Å². The molecule has 1 aliphatic heterocycles. The van der Waals surface area contributed by atoms with Crippen molar-refractivity contribution >= 4 is 0 Å². The number of pyridine rings is 1. The summed E-state index contributed by atoms with van der Waals surface area (Å²) in [6.45, 7) is 6.30. The van der Waals surface area contributed by atoms with Gasteiger partial charge in [-0.25, -0.2) is 0 Å². The van der Waals surface area contributed by atoms with Crippen LogP contribution < -0.4 is 0 Å². The van der Waals surface area contributed by atoms with Gasteiger partial charge in [0.25, 0.3) is 0 Å². The third kappa shape index (κ3) is 4.10. The van der Waals surface area contributed by atoms with Gasteiger partial charge in [0, 0.05) is 16.8 Å². The van der Waals surface area contributed by atoms with Crippen LogP contribution in [0.3, 0.4) is 0 Å². The van der Waals surface area contributed by atoms with Crippen molar-refractivity contribution < 1.29 is 23.0 Å². The molecule has 2 unspecified atom stereocenters. The Morgan fingerprint density at radius 3 is 2.30 bits per heavy atom. The lowest BCUT2D eigenvalue weighted by Gasteiger charge is -2.38. The van der Waals surface area contributed by atoms with Gasteiger partial charge in [0.05, 0.1) is 23.5 Å². The Kier molecular flexibility index (Phi) is 5.60. The maximum atomic E-state index is 13.1. The van der Waals surface area contributed by atoms with Gasteiger partial charge in [-0.3, -0.25) is 4.98 Å². The molecule has 0 radical (unpaired) electrons. The van der Waals surface area contributed by atoms with E-state index in [1.807, 2.05) is 6.92 Å². The van der Waals surface area contributed by atoms with E-state index in [1.54, 1.807) is 0 Å². The molecule has 33 heavy (non-hydrogen) atoms. The minimum absolute atomic E-state index is 0.0347. The standard InChI is InChI=1S/C27H32F3NO2/c1-15-24-23(25(33-15)17-9-11-18(12-10-17)27(28,29)30)21(16-7-5-4-6-8-16)22-19(31-24)13-26(2,3)14-20(22)32/h9-12,15-16,20,25,32H,4-8,13-14H2,1-3H3/t15?,20?,25-/m0/s1. The Morgan fingerprint density at radius 2 is 1.67 bits per heavy atom. The number of halogens is 3. The molecule has 3 atom stereocenters. The lowest BCUT2D eigenvalue weighted by Crippen LogP contribution is -2.29. The maximum absolute atomic E-state index is 13.1. The highest BCUT2D eigenvalue weighted by Gasteiger charge is 2.43. The summed E-state index contributed by atoms with van der Waals surface area (Å²) in [5.41, 5.74) is 5.01. The summed E-state index contributed by atoms with van der Waals surface area (Å²) in [5.74, 6) is 0.325. The normalized spacial score (nSPS) is 27.3. The van der Waals surface area contributed by atoms with Gasteiger partial charge in [0.1, 0.15) is 6.10 Å². The molecule has 178 valence electrons. The smallest absolute Gasteiger partial charge is 0.388 e. The Bertz CT molecular complexity index is 1040. The molecule has 1 saturated carbocycles. The predicted octanol–water partition coefficient (Wildman–Crippen LogP) is 7.33. The fourth-order valence-corrected chi connectivity index (χ4v) is 6.21. The van der Waals surface area contributed by atoms with Crippen LogP contribution in [0.4, 0.5) is 13.2 Å². The molecule has 3 nitrogen and oxygen atoms in total. The molecular weight excluding hydrogens is 427 g/mol. The molecule has 2 aromatic rings. The summed E-state index contributed by atoms with van der Waals surface area (Å²) in [6.07, 6.45) is 1.48. The van der Waals surface area contributed by atoms with Crippen molar-refractivity contribution in [2.45, 2.75) is 96.1 Å². The van der Waals surface area contributed by atoms with Crippen LogP contribution in [-0.2, 0) is 17.3 Å². The zero-order valence-electron chi connectivity index (χ0n) is 19.5. The van der Waals surface area contributed by atoms with Crippen LogP contribution >= 0.6 is 0 Å². The molecule has 3 aliphatic rings. The van der Waals surface area contributed by atoms with Gasteiger partial charge in [-0.1, -0.05) is 45.2 Å². The highest BCUT2D eigenvalue weighted by Crippen LogP contribution is 2.53. The summed E-state index contributed by atoms with van der Waals surface area (Å²) < 4.78 is 45.7. The van der Waals surface area contributed by atoms with Crippen LogP contribution in [0.25, 0.3) is 0 Å². The van der Waals surface area contributed by atoms with Gasteiger partial charge in [-0.15, -0.1) is 0 Å². The molecule has 5 rings (SSSR count). The monoisotopic (exact) mass is 459 g/mol. The summed E-state index contributed by atoms with van der Waals surface area (Å²) in [5, 5.41) is 11.3. The fourth-order valence-electron chi connectivity index (χ4n) is 6.21. The Hall–Kier alpha value is -1.92.